The zero-order valence-corrected chi connectivity index (χ0v) is 10.5. The highest BCUT2D eigenvalue weighted by Gasteiger charge is 2.13. The van der Waals surface area contributed by atoms with E-state index in [1.54, 1.807) is 0 Å². The highest BCUT2D eigenvalue weighted by Crippen LogP contribution is 2.26. The Balaban J connectivity index is 2.05. The van der Waals surface area contributed by atoms with E-state index in [0.717, 1.165) is 18.5 Å². The first-order chi connectivity index (χ1) is 8.88. The molecule has 1 aliphatic rings. The van der Waals surface area contributed by atoms with E-state index in [2.05, 4.69) is 47.8 Å². The number of hydrogen-bond donors (Lipinski definition) is 1. The third kappa shape index (κ3) is 1.90. The fourth-order valence-corrected chi connectivity index (χ4v) is 2.41. The van der Waals surface area contributed by atoms with Gasteiger partial charge in [0.05, 0.1) is 11.4 Å². The van der Waals surface area contributed by atoms with Crippen molar-refractivity contribution in [2.45, 2.75) is 12.8 Å². The summed E-state index contributed by atoms with van der Waals surface area (Å²) in [6.07, 6.45) is 4.34. The predicted octanol–water partition coefficient (Wildman–Crippen LogP) is 3.26. The Hall–Kier alpha value is -2.09. The number of allylic oxidation sites excluding steroid dienone is 1. The molecule has 0 bridgehead atoms. The van der Waals surface area contributed by atoms with Crippen LogP contribution in [0.2, 0.25) is 0 Å². The Labute approximate surface area is 107 Å². The summed E-state index contributed by atoms with van der Waals surface area (Å²) in [7, 11) is 1.96. The lowest BCUT2D eigenvalue weighted by atomic mass is 9.98. The molecule has 0 saturated carbocycles. The molecule has 0 saturated heterocycles. The van der Waals surface area contributed by atoms with Gasteiger partial charge in [-0.15, -0.1) is 0 Å². The van der Waals surface area contributed by atoms with Gasteiger partial charge >= 0.3 is 0 Å². The zero-order valence-electron chi connectivity index (χ0n) is 10.5. The topological polar surface area (TPSA) is 24.9 Å². The Kier molecular flexibility index (Phi) is 2.85. The summed E-state index contributed by atoms with van der Waals surface area (Å²) in [6.45, 7) is 0. The van der Waals surface area contributed by atoms with E-state index in [0.29, 0.717) is 0 Å². The summed E-state index contributed by atoms with van der Waals surface area (Å²) in [5.74, 6) is 0. The molecule has 1 aromatic heterocycles. The Morgan fingerprint density at radius 3 is 2.67 bits per heavy atom. The fraction of sp³-hybridized carbons (Fsp3) is 0.188. The van der Waals surface area contributed by atoms with Gasteiger partial charge in [-0.3, -0.25) is 4.98 Å². The highest BCUT2D eigenvalue weighted by molar-refractivity contribution is 5.70. The first-order valence-electron chi connectivity index (χ1n) is 6.32. The van der Waals surface area contributed by atoms with Gasteiger partial charge in [-0.2, -0.15) is 0 Å². The van der Waals surface area contributed by atoms with Crippen LogP contribution in [0.1, 0.15) is 17.7 Å². The summed E-state index contributed by atoms with van der Waals surface area (Å²) in [5, 5.41) is 3.24. The molecular weight excluding hydrogens is 220 g/mol. The Morgan fingerprint density at radius 1 is 1.06 bits per heavy atom. The number of rotatable bonds is 2. The van der Waals surface area contributed by atoms with Crippen LogP contribution in [0.15, 0.2) is 48.5 Å². The van der Waals surface area contributed by atoms with Crippen molar-refractivity contribution >= 4 is 5.70 Å². The lowest BCUT2D eigenvalue weighted by Gasteiger charge is -2.17. The highest BCUT2D eigenvalue weighted by atomic mass is 14.8. The minimum Gasteiger partial charge on any atom is -0.388 e. The summed E-state index contributed by atoms with van der Waals surface area (Å²) in [6, 6.07) is 14.6. The van der Waals surface area contributed by atoms with Crippen molar-refractivity contribution in [3.05, 3.63) is 59.8 Å². The van der Waals surface area contributed by atoms with E-state index in [-0.39, 0.29) is 0 Å². The quantitative estimate of drug-likeness (QED) is 0.865. The standard InChI is InChI=1S/C16H16N2/c1-17-15-8-5-9-16-13(15)10-11-14(18-16)12-6-3-2-4-7-12/h2-4,6-8,10-11,17H,5,9H2,1H3. The van der Waals surface area contributed by atoms with Crippen molar-refractivity contribution in [3.8, 4) is 11.3 Å². The van der Waals surface area contributed by atoms with Crippen molar-refractivity contribution in [2.75, 3.05) is 7.05 Å². The lowest BCUT2D eigenvalue weighted by molar-refractivity contribution is 0.901. The van der Waals surface area contributed by atoms with Crippen LogP contribution in [0.4, 0.5) is 0 Å². The van der Waals surface area contributed by atoms with Crippen LogP contribution in [0.25, 0.3) is 17.0 Å². The van der Waals surface area contributed by atoms with Crippen LogP contribution in [0.3, 0.4) is 0 Å². The van der Waals surface area contributed by atoms with Gasteiger partial charge < -0.3 is 5.32 Å². The molecule has 0 fully saturated rings. The van der Waals surface area contributed by atoms with Gasteiger partial charge in [0.25, 0.3) is 0 Å². The van der Waals surface area contributed by atoms with Crippen molar-refractivity contribution in [1.82, 2.24) is 10.3 Å². The van der Waals surface area contributed by atoms with Crippen LogP contribution in [-0.4, -0.2) is 12.0 Å². The molecule has 1 heterocycles. The summed E-state index contributed by atoms with van der Waals surface area (Å²) < 4.78 is 0. The lowest BCUT2D eigenvalue weighted by Crippen LogP contribution is -2.12. The molecule has 2 nitrogen and oxygen atoms in total. The largest absolute Gasteiger partial charge is 0.388 e. The smallest absolute Gasteiger partial charge is 0.0705 e. The Bertz CT molecular complexity index is 585. The molecule has 1 aromatic carbocycles. The third-order valence-electron chi connectivity index (χ3n) is 3.33. The van der Waals surface area contributed by atoms with Gasteiger partial charge in [0.1, 0.15) is 0 Å². The molecule has 18 heavy (non-hydrogen) atoms. The van der Waals surface area contributed by atoms with Gasteiger partial charge in [0, 0.05) is 23.9 Å². The second kappa shape index (κ2) is 4.65. The summed E-state index contributed by atoms with van der Waals surface area (Å²) in [4.78, 5) is 4.80. The average Bonchev–Trinajstić information content (AvgIpc) is 2.47. The molecule has 2 heteroatoms. The number of pyridine rings is 1. The average molecular weight is 236 g/mol. The molecule has 0 atom stereocenters. The number of benzene rings is 1. The van der Waals surface area contributed by atoms with Gasteiger partial charge in [0.2, 0.25) is 0 Å². The normalized spacial score (nSPS) is 13.7. The van der Waals surface area contributed by atoms with E-state index >= 15 is 0 Å². The molecule has 0 aliphatic heterocycles. The maximum Gasteiger partial charge on any atom is 0.0705 e. The maximum atomic E-state index is 4.80. The second-order valence-corrected chi connectivity index (χ2v) is 4.46. The van der Waals surface area contributed by atoms with Crippen LogP contribution in [-0.2, 0) is 6.42 Å². The number of hydrogen-bond acceptors (Lipinski definition) is 2. The molecule has 0 spiro atoms. The van der Waals surface area contributed by atoms with Crippen LogP contribution in [0.5, 0.6) is 0 Å². The van der Waals surface area contributed by atoms with Crippen molar-refractivity contribution in [3.63, 3.8) is 0 Å². The monoisotopic (exact) mass is 236 g/mol. The van der Waals surface area contributed by atoms with E-state index in [1.165, 1.54) is 22.5 Å². The first kappa shape index (κ1) is 11.0. The molecule has 0 radical (unpaired) electrons. The van der Waals surface area contributed by atoms with Crippen LogP contribution >= 0.6 is 0 Å². The fourth-order valence-electron chi connectivity index (χ4n) is 2.41. The molecule has 90 valence electrons. The molecule has 1 N–H and O–H groups in total. The summed E-state index contributed by atoms with van der Waals surface area (Å²) in [5.41, 5.74) is 5.88. The number of nitrogens with one attached hydrogen (secondary N) is 1. The van der Waals surface area contributed by atoms with Crippen molar-refractivity contribution in [2.24, 2.45) is 0 Å². The van der Waals surface area contributed by atoms with Crippen molar-refractivity contribution < 1.29 is 0 Å². The molecule has 3 rings (SSSR count). The second-order valence-electron chi connectivity index (χ2n) is 4.46. The predicted molar refractivity (Wildman–Crippen MR) is 75.0 cm³/mol. The minimum atomic E-state index is 1.03. The summed E-state index contributed by atoms with van der Waals surface area (Å²) >= 11 is 0. The van der Waals surface area contributed by atoms with Gasteiger partial charge in [-0.25, -0.2) is 0 Å². The molecule has 1 aliphatic carbocycles. The molecule has 2 aromatic rings. The zero-order chi connectivity index (χ0) is 12.4. The first-order valence-corrected chi connectivity index (χ1v) is 6.32. The minimum absolute atomic E-state index is 1.03. The van der Waals surface area contributed by atoms with Gasteiger partial charge in [0.15, 0.2) is 0 Å². The number of aryl methyl sites for hydroxylation is 1. The van der Waals surface area contributed by atoms with Gasteiger partial charge in [-0.05, 0) is 25.0 Å². The van der Waals surface area contributed by atoms with E-state index < -0.39 is 0 Å². The molecule has 0 amide bonds. The van der Waals surface area contributed by atoms with Gasteiger partial charge in [-0.1, -0.05) is 36.4 Å². The van der Waals surface area contributed by atoms with Crippen molar-refractivity contribution in [1.29, 1.82) is 0 Å². The maximum absolute atomic E-state index is 4.80. The third-order valence-corrected chi connectivity index (χ3v) is 3.33. The number of nitrogens with zero attached hydrogens (tertiary/aromatic N) is 1. The van der Waals surface area contributed by atoms with E-state index in [9.17, 15) is 0 Å². The van der Waals surface area contributed by atoms with E-state index in [1.807, 2.05) is 13.1 Å². The Morgan fingerprint density at radius 2 is 1.89 bits per heavy atom. The number of aromatic nitrogens is 1. The van der Waals surface area contributed by atoms with Crippen LogP contribution in [0, 0.1) is 0 Å². The number of fused-ring (bicyclic) bond motifs is 1. The van der Waals surface area contributed by atoms with E-state index in [4.69, 9.17) is 4.98 Å². The molecule has 0 unspecified atom stereocenters. The SMILES string of the molecule is CNC1=CCCc2nc(-c3ccccc3)ccc21. The molecular formula is C16H16N2. The van der Waals surface area contributed by atoms with Crippen LogP contribution < -0.4 is 5.32 Å².